The Morgan fingerprint density at radius 3 is 2.48 bits per heavy atom. The number of aryl methyl sites for hydroxylation is 1. The highest BCUT2D eigenvalue weighted by atomic mass is 16.5. The van der Waals surface area contributed by atoms with Gasteiger partial charge in [0.2, 0.25) is 11.8 Å². The molecule has 1 saturated heterocycles. The molecule has 0 aromatic heterocycles. The van der Waals surface area contributed by atoms with Gasteiger partial charge in [-0.1, -0.05) is 18.2 Å². The minimum atomic E-state index is 0.0187. The van der Waals surface area contributed by atoms with Crippen LogP contribution >= 0.6 is 0 Å². The molecule has 7 heteroatoms. The van der Waals surface area contributed by atoms with Gasteiger partial charge in [-0.15, -0.1) is 0 Å². The summed E-state index contributed by atoms with van der Waals surface area (Å²) in [6.07, 6.45) is 3.85. The van der Waals surface area contributed by atoms with E-state index >= 15 is 0 Å². The predicted octanol–water partition coefficient (Wildman–Crippen LogP) is 4.80. The third kappa shape index (κ3) is 7.85. The molecule has 2 fully saturated rings. The number of likely N-dealkylation sites (N-methyl/N-ethyl adjacent to an activating group) is 1. The number of anilines is 1. The molecule has 0 bridgehead atoms. The summed E-state index contributed by atoms with van der Waals surface area (Å²) in [5.74, 6) is 1.16. The fraction of sp³-hybridized carbons (Fsp3) is 0.576. The molecule has 0 spiro atoms. The molecule has 0 unspecified atom stereocenters. The fourth-order valence-corrected chi connectivity index (χ4v) is 6.08. The van der Waals surface area contributed by atoms with Gasteiger partial charge in [-0.05, 0) is 94.3 Å². The topological polar surface area (TPSA) is 65.1 Å². The van der Waals surface area contributed by atoms with Crippen LogP contribution in [0.5, 0.6) is 5.75 Å². The molecule has 1 atom stereocenters. The molecule has 40 heavy (non-hydrogen) atoms. The largest absolute Gasteiger partial charge is 0.490 e. The van der Waals surface area contributed by atoms with Gasteiger partial charge in [0.25, 0.3) is 0 Å². The highest BCUT2D eigenvalue weighted by Gasteiger charge is 2.30. The zero-order valence-electron chi connectivity index (χ0n) is 25.1. The van der Waals surface area contributed by atoms with E-state index in [1.54, 1.807) is 0 Å². The Balaban J connectivity index is 1.27. The molecule has 4 rings (SSSR count). The average molecular weight is 549 g/mol. The monoisotopic (exact) mass is 548 g/mol. The van der Waals surface area contributed by atoms with Crippen molar-refractivity contribution in [3.05, 3.63) is 59.2 Å². The van der Waals surface area contributed by atoms with Gasteiger partial charge in [-0.2, -0.15) is 0 Å². The van der Waals surface area contributed by atoms with Crippen LogP contribution in [0.15, 0.2) is 42.5 Å². The molecule has 1 aliphatic carbocycles. The maximum Gasteiger partial charge on any atom is 0.229 e. The number of rotatable bonds is 10. The van der Waals surface area contributed by atoms with Crippen LogP contribution in [-0.4, -0.2) is 73.5 Å². The third-order valence-electron chi connectivity index (χ3n) is 8.59. The van der Waals surface area contributed by atoms with E-state index in [9.17, 15) is 9.59 Å². The summed E-state index contributed by atoms with van der Waals surface area (Å²) in [4.78, 5) is 32.1. The van der Waals surface area contributed by atoms with Gasteiger partial charge >= 0.3 is 0 Å². The summed E-state index contributed by atoms with van der Waals surface area (Å²) >= 11 is 0. The molecule has 7 nitrogen and oxygen atoms in total. The van der Waals surface area contributed by atoms with Crippen molar-refractivity contribution in [3.8, 4) is 5.75 Å². The Bertz CT molecular complexity index is 1140. The Labute approximate surface area is 240 Å². The van der Waals surface area contributed by atoms with Crippen LogP contribution in [0.4, 0.5) is 5.69 Å². The molecule has 218 valence electrons. The van der Waals surface area contributed by atoms with E-state index < -0.39 is 0 Å². The number of ether oxygens (including phenoxy) is 1. The van der Waals surface area contributed by atoms with E-state index in [1.165, 1.54) is 11.1 Å². The molecule has 1 heterocycles. The van der Waals surface area contributed by atoms with E-state index in [-0.39, 0.29) is 23.8 Å². The third-order valence-corrected chi connectivity index (χ3v) is 8.59. The van der Waals surface area contributed by atoms with E-state index in [2.05, 4.69) is 42.3 Å². The molecule has 2 aromatic carbocycles. The molecule has 2 aromatic rings. The number of hydrogen-bond donors (Lipinski definition) is 1. The molecule has 1 aliphatic heterocycles. The Kier molecular flexibility index (Phi) is 10.6. The van der Waals surface area contributed by atoms with Crippen molar-refractivity contribution in [1.82, 2.24) is 15.1 Å². The molecule has 1 saturated carbocycles. The Morgan fingerprint density at radius 2 is 1.80 bits per heavy atom. The number of benzene rings is 2. The number of carbonyl (C=O) groups excluding carboxylic acids is 2. The van der Waals surface area contributed by atoms with Crippen LogP contribution in [-0.2, 0) is 22.6 Å². The molecule has 1 N–H and O–H groups in total. The summed E-state index contributed by atoms with van der Waals surface area (Å²) < 4.78 is 6.30. The van der Waals surface area contributed by atoms with E-state index in [0.717, 1.165) is 82.0 Å². The summed E-state index contributed by atoms with van der Waals surface area (Å²) in [6, 6.07) is 14.9. The van der Waals surface area contributed by atoms with Gasteiger partial charge in [0.15, 0.2) is 0 Å². The lowest BCUT2D eigenvalue weighted by atomic mass is 9.86. The van der Waals surface area contributed by atoms with Crippen molar-refractivity contribution in [2.24, 2.45) is 5.92 Å². The van der Waals surface area contributed by atoms with Crippen molar-refractivity contribution in [3.63, 3.8) is 0 Å². The summed E-state index contributed by atoms with van der Waals surface area (Å²) in [7, 11) is 1.91. The number of nitrogens with one attached hydrogen (secondary N) is 1. The van der Waals surface area contributed by atoms with Gasteiger partial charge in [-0.3, -0.25) is 14.5 Å². The van der Waals surface area contributed by atoms with Crippen molar-refractivity contribution >= 4 is 17.5 Å². The minimum Gasteiger partial charge on any atom is -0.490 e. The van der Waals surface area contributed by atoms with Gasteiger partial charge in [0.1, 0.15) is 5.75 Å². The van der Waals surface area contributed by atoms with Crippen molar-refractivity contribution < 1.29 is 14.3 Å². The fourth-order valence-electron chi connectivity index (χ4n) is 6.08. The summed E-state index contributed by atoms with van der Waals surface area (Å²) in [5, 5.41) is 3.50. The summed E-state index contributed by atoms with van der Waals surface area (Å²) in [5.41, 5.74) is 4.51. The van der Waals surface area contributed by atoms with Crippen LogP contribution < -0.4 is 15.0 Å². The Hall–Kier alpha value is -2.90. The van der Waals surface area contributed by atoms with E-state index in [1.807, 2.05) is 55.0 Å². The van der Waals surface area contributed by atoms with Crippen LogP contribution in [0.1, 0.15) is 63.1 Å². The molecule has 2 amide bonds. The lowest BCUT2D eigenvalue weighted by Crippen LogP contribution is -2.48. The maximum absolute atomic E-state index is 13.4. The van der Waals surface area contributed by atoms with E-state index in [0.29, 0.717) is 12.5 Å². The first-order valence-electron chi connectivity index (χ1n) is 15.1. The number of nitrogens with zero attached hydrogens (tertiary/aromatic N) is 3. The predicted molar refractivity (Wildman–Crippen MR) is 162 cm³/mol. The van der Waals surface area contributed by atoms with Gasteiger partial charge in [0, 0.05) is 64.0 Å². The van der Waals surface area contributed by atoms with Crippen LogP contribution in [0.2, 0.25) is 0 Å². The van der Waals surface area contributed by atoms with Crippen molar-refractivity contribution in [2.75, 3.05) is 44.7 Å². The molecule has 2 aliphatic rings. The number of hydrogen-bond acceptors (Lipinski definition) is 5. The van der Waals surface area contributed by atoms with Crippen LogP contribution in [0.25, 0.3) is 0 Å². The zero-order valence-corrected chi connectivity index (χ0v) is 25.1. The smallest absolute Gasteiger partial charge is 0.229 e. The second-order valence-corrected chi connectivity index (χ2v) is 11.6. The van der Waals surface area contributed by atoms with Gasteiger partial charge in [0.05, 0.1) is 12.5 Å². The quantitative estimate of drug-likeness (QED) is 0.462. The average Bonchev–Trinajstić information content (AvgIpc) is 2.95. The minimum absolute atomic E-state index is 0.0187. The zero-order chi connectivity index (χ0) is 28.6. The highest BCUT2D eigenvalue weighted by molar-refractivity contribution is 5.94. The van der Waals surface area contributed by atoms with Gasteiger partial charge in [-0.25, -0.2) is 0 Å². The highest BCUT2D eigenvalue weighted by Crippen LogP contribution is 2.31. The first kappa shape index (κ1) is 30.1. The lowest BCUT2D eigenvalue weighted by Gasteiger charge is -2.32. The second-order valence-electron chi connectivity index (χ2n) is 11.6. The van der Waals surface area contributed by atoms with Crippen molar-refractivity contribution in [1.29, 1.82) is 0 Å². The number of carbonyl (C=O) groups is 2. The molecular weight excluding hydrogens is 500 g/mol. The number of amides is 2. The molecule has 0 radical (unpaired) electrons. The summed E-state index contributed by atoms with van der Waals surface area (Å²) in [6.45, 7) is 14.0. The SMILES string of the molecule is CCN(CC)C(=O)Cc1cccc(O[C@H]2CC[C@H](C(=O)N(C)c3ccc(CN4CCN[C@@H](C)C4)c(C)c3)CC2)c1. The molecular formula is C33H48N4O3. The van der Waals surface area contributed by atoms with Gasteiger partial charge < -0.3 is 19.9 Å². The number of piperazine rings is 1. The lowest BCUT2D eigenvalue weighted by molar-refractivity contribution is -0.130. The Morgan fingerprint density at radius 1 is 1.05 bits per heavy atom. The second kappa shape index (κ2) is 14.1. The maximum atomic E-state index is 13.4. The van der Waals surface area contributed by atoms with Crippen LogP contribution in [0.3, 0.4) is 0 Å². The first-order valence-corrected chi connectivity index (χ1v) is 15.1. The van der Waals surface area contributed by atoms with Crippen molar-refractivity contribution in [2.45, 2.75) is 78.5 Å². The van der Waals surface area contributed by atoms with E-state index in [4.69, 9.17) is 4.74 Å². The van der Waals surface area contributed by atoms with Crippen LogP contribution in [0, 0.1) is 12.8 Å². The normalized spacial score (nSPS) is 21.6. The standard InChI is InChI=1S/C33H48N4O3/c1-6-37(7-2)32(38)21-26-9-8-10-31(20-26)40-30-15-12-27(13-16-30)33(39)35(5)29-14-11-28(24(3)19-29)23-36-18-17-34-25(4)22-36/h8-11,14,19-20,25,27,30,34H,6-7,12-13,15-18,21-23H2,1-5H3/t25-,27-,30-/m0/s1. The first-order chi connectivity index (χ1) is 19.3.